The summed E-state index contributed by atoms with van der Waals surface area (Å²) in [5, 5.41) is 0.515. The van der Waals surface area contributed by atoms with E-state index < -0.39 is 0 Å². The van der Waals surface area contributed by atoms with Crippen molar-refractivity contribution in [2.24, 2.45) is 0 Å². The highest BCUT2D eigenvalue weighted by molar-refractivity contribution is 9.10. The van der Waals surface area contributed by atoms with E-state index in [0.717, 1.165) is 28.8 Å². The van der Waals surface area contributed by atoms with E-state index in [1.54, 1.807) is 0 Å². The molecule has 0 saturated heterocycles. The van der Waals surface area contributed by atoms with Gasteiger partial charge in [-0.15, -0.1) is 0 Å². The van der Waals surface area contributed by atoms with Crippen LogP contribution in [0.3, 0.4) is 0 Å². The molecule has 1 aromatic carbocycles. The van der Waals surface area contributed by atoms with Crippen LogP contribution in [-0.2, 0) is 18.3 Å². The molecule has 0 aliphatic heterocycles. The second-order valence-corrected chi connectivity index (χ2v) is 7.81. The molecule has 0 fully saturated rings. The SMILES string of the molecule is CC(C)(C)c1nc(C2Cc3ccccc3C2)nc(Cl)c1Br. The van der Waals surface area contributed by atoms with Crippen molar-refractivity contribution >= 4 is 27.5 Å². The Labute approximate surface area is 139 Å². The Bertz CT molecular complexity index is 667. The fraction of sp³-hybridized carbons (Fsp3) is 0.412. The molecule has 2 aromatic rings. The summed E-state index contributed by atoms with van der Waals surface area (Å²) in [6.45, 7) is 6.43. The number of nitrogens with zero attached hydrogens (tertiary/aromatic N) is 2. The van der Waals surface area contributed by atoms with Crippen LogP contribution < -0.4 is 0 Å². The monoisotopic (exact) mass is 364 g/mol. The van der Waals surface area contributed by atoms with E-state index in [0.29, 0.717) is 11.1 Å². The summed E-state index contributed by atoms with van der Waals surface area (Å²) in [5.41, 5.74) is 3.73. The van der Waals surface area contributed by atoms with Gasteiger partial charge in [0.15, 0.2) is 0 Å². The van der Waals surface area contributed by atoms with Gasteiger partial charge in [0.25, 0.3) is 0 Å². The number of hydrogen-bond acceptors (Lipinski definition) is 2. The predicted octanol–water partition coefficient (Wildman–Crippen LogP) is 5.07. The Balaban J connectivity index is 2.00. The van der Waals surface area contributed by atoms with Gasteiger partial charge in [-0.2, -0.15) is 0 Å². The van der Waals surface area contributed by atoms with Gasteiger partial charge in [-0.3, -0.25) is 0 Å². The topological polar surface area (TPSA) is 25.8 Å². The van der Waals surface area contributed by atoms with Crippen LogP contribution in [0.15, 0.2) is 28.7 Å². The smallest absolute Gasteiger partial charge is 0.147 e. The van der Waals surface area contributed by atoms with Crippen molar-refractivity contribution < 1.29 is 0 Å². The quantitative estimate of drug-likeness (QED) is 0.659. The molecule has 110 valence electrons. The summed E-state index contributed by atoms with van der Waals surface area (Å²) < 4.78 is 0.816. The first-order valence-corrected chi connectivity index (χ1v) is 8.33. The number of halogens is 2. The molecule has 0 amide bonds. The van der Waals surface area contributed by atoms with Crippen LogP contribution in [0.25, 0.3) is 0 Å². The zero-order valence-corrected chi connectivity index (χ0v) is 14.8. The van der Waals surface area contributed by atoms with E-state index in [-0.39, 0.29) is 5.41 Å². The summed E-state index contributed by atoms with van der Waals surface area (Å²) in [6, 6.07) is 8.58. The van der Waals surface area contributed by atoms with Crippen molar-refractivity contribution in [1.29, 1.82) is 0 Å². The zero-order chi connectivity index (χ0) is 15.2. The van der Waals surface area contributed by atoms with Crippen molar-refractivity contribution in [3.8, 4) is 0 Å². The van der Waals surface area contributed by atoms with Gasteiger partial charge in [0.1, 0.15) is 11.0 Å². The maximum Gasteiger partial charge on any atom is 0.147 e. The average Bonchev–Trinajstić information content (AvgIpc) is 2.84. The molecule has 0 bridgehead atoms. The number of hydrogen-bond donors (Lipinski definition) is 0. The van der Waals surface area contributed by atoms with Gasteiger partial charge in [-0.05, 0) is 39.9 Å². The van der Waals surface area contributed by atoms with Crippen LogP contribution >= 0.6 is 27.5 Å². The van der Waals surface area contributed by atoms with Gasteiger partial charge in [0, 0.05) is 11.3 Å². The molecule has 2 nitrogen and oxygen atoms in total. The Morgan fingerprint density at radius 3 is 2.19 bits per heavy atom. The summed E-state index contributed by atoms with van der Waals surface area (Å²) in [4.78, 5) is 9.35. The van der Waals surface area contributed by atoms with Gasteiger partial charge in [0.05, 0.1) is 10.2 Å². The normalized spacial score (nSPS) is 15.3. The van der Waals surface area contributed by atoms with Crippen LogP contribution in [0, 0.1) is 0 Å². The summed E-state index contributed by atoms with van der Waals surface area (Å²) in [5.74, 6) is 1.19. The molecule has 0 saturated carbocycles. The molecule has 1 aromatic heterocycles. The molecule has 0 spiro atoms. The van der Waals surface area contributed by atoms with Crippen LogP contribution in [0.2, 0.25) is 5.15 Å². The minimum Gasteiger partial charge on any atom is -0.236 e. The van der Waals surface area contributed by atoms with Crippen molar-refractivity contribution in [3.63, 3.8) is 0 Å². The lowest BCUT2D eigenvalue weighted by atomic mass is 9.91. The number of rotatable bonds is 1. The molecule has 0 atom stereocenters. The first-order chi connectivity index (χ1) is 9.86. The summed E-state index contributed by atoms with van der Waals surface area (Å²) in [6.07, 6.45) is 2.00. The lowest BCUT2D eigenvalue weighted by Gasteiger charge is -2.21. The van der Waals surface area contributed by atoms with Crippen LogP contribution in [0.1, 0.15) is 49.3 Å². The molecule has 1 aliphatic rings. The lowest BCUT2D eigenvalue weighted by molar-refractivity contribution is 0.549. The van der Waals surface area contributed by atoms with Crippen LogP contribution in [-0.4, -0.2) is 9.97 Å². The Hall–Kier alpha value is -0.930. The summed E-state index contributed by atoms with van der Waals surface area (Å²) in [7, 11) is 0. The third kappa shape index (κ3) is 2.86. The van der Waals surface area contributed by atoms with E-state index in [2.05, 4.69) is 66.0 Å². The molecule has 1 heterocycles. The minimum atomic E-state index is -0.0639. The highest BCUT2D eigenvalue weighted by Crippen LogP contribution is 2.37. The number of benzene rings is 1. The van der Waals surface area contributed by atoms with E-state index in [9.17, 15) is 0 Å². The molecular formula is C17H18BrClN2. The molecule has 0 N–H and O–H groups in total. The van der Waals surface area contributed by atoms with Crippen molar-refractivity contribution in [1.82, 2.24) is 9.97 Å². The van der Waals surface area contributed by atoms with Crippen molar-refractivity contribution in [3.05, 3.63) is 56.5 Å². The molecule has 0 radical (unpaired) electrons. The molecule has 1 aliphatic carbocycles. The largest absolute Gasteiger partial charge is 0.236 e. The number of fused-ring (bicyclic) bond motifs is 1. The predicted molar refractivity (Wildman–Crippen MR) is 90.0 cm³/mol. The van der Waals surface area contributed by atoms with E-state index in [4.69, 9.17) is 16.6 Å². The Kier molecular flexibility index (Phi) is 3.83. The second-order valence-electron chi connectivity index (χ2n) is 6.66. The maximum atomic E-state index is 6.32. The third-order valence-corrected chi connectivity index (χ3v) is 5.21. The number of aromatic nitrogens is 2. The van der Waals surface area contributed by atoms with Crippen molar-refractivity contribution in [2.75, 3.05) is 0 Å². The Morgan fingerprint density at radius 1 is 1.10 bits per heavy atom. The molecule has 4 heteroatoms. The van der Waals surface area contributed by atoms with Gasteiger partial charge in [0.2, 0.25) is 0 Å². The van der Waals surface area contributed by atoms with Gasteiger partial charge >= 0.3 is 0 Å². The summed E-state index contributed by atoms with van der Waals surface area (Å²) >= 11 is 9.85. The van der Waals surface area contributed by atoms with Gasteiger partial charge in [-0.25, -0.2) is 9.97 Å². The molecular weight excluding hydrogens is 348 g/mol. The highest BCUT2D eigenvalue weighted by Gasteiger charge is 2.28. The van der Waals surface area contributed by atoms with Crippen LogP contribution in [0.4, 0.5) is 0 Å². The van der Waals surface area contributed by atoms with Crippen LogP contribution in [0.5, 0.6) is 0 Å². The van der Waals surface area contributed by atoms with E-state index in [1.807, 2.05) is 0 Å². The first-order valence-electron chi connectivity index (χ1n) is 7.16. The maximum absolute atomic E-state index is 6.32. The fourth-order valence-corrected chi connectivity index (χ4v) is 3.81. The molecule has 21 heavy (non-hydrogen) atoms. The molecule has 0 unspecified atom stereocenters. The average molecular weight is 366 g/mol. The fourth-order valence-electron chi connectivity index (χ4n) is 2.86. The van der Waals surface area contributed by atoms with E-state index >= 15 is 0 Å². The van der Waals surface area contributed by atoms with Gasteiger partial charge < -0.3 is 0 Å². The lowest BCUT2D eigenvalue weighted by Crippen LogP contribution is -2.18. The minimum absolute atomic E-state index is 0.0639. The van der Waals surface area contributed by atoms with Gasteiger partial charge in [-0.1, -0.05) is 56.6 Å². The highest BCUT2D eigenvalue weighted by atomic mass is 79.9. The third-order valence-electron chi connectivity index (χ3n) is 3.95. The van der Waals surface area contributed by atoms with Crippen molar-refractivity contribution in [2.45, 2.75) is 44.9 Å². The zero-order valence-electron chi connectivity index (χ0n) is 12.5. The first kappa shape index (κ1) is 15.0. The molecule has 3 rings (SSSR count). The second kappa shape index (κ2) is 5.36. The standard InChI is InChI=1S/C17H18BrClN2/c1-17(2,3)14-13(18)15(19)21-16(20-14)12-8-10-6-4-5-7-11(10)9-12/h4-7,12H,8-9H2,1-3H3. The van der Waals surface area contributed by atoms with E-state index in [1.165, 1.54) is 11.1 Å². The Morgan fingerprint density at radius 2 is 1.67 bits per heavy atom.